The molecular formula is C22H24N6O2. The van der Waals surface area contributed by atoms with E-state index < -0.39 is 0 Å². The van der Waals surface area contributed by atoms with Gasteiger partial charge in [0, 0.05) is 24.3 Å². The first-order valence-electron chi connectivity index (χ1n) is 10.1. The fourth-order valence-corrected chi connectivity index (χ4v) is 3.71. The number of amides is 2. The molecule has 8 nitrogen and oxygen atoms in total. The molecule has 2 heterocycles. The van der Waals surface area contributed by atoms with E-state index in [9.17, 15) is 9.59 Å². The maximum Gasteiger partial charge on any atom is 0.229 e. The molecule has 0 aliphatic carbocycles. The number of anilines is 2. The van der Waals surface area contributed by atoms with E-state index in [1.807, 2.05) is 30.3 Å². The highest BCUT2D eigenvalue weighted by Gasteiger charge is 2.36. The lowest BCUT2D eigenvalue weighted by molar-refractivity contribution is -0.122. The van der Waals surface area contributed by atoms with Gasteiger partial charge in [-0.05, 0) is 58.7 Å². The highest BCUT2D eigenvalue weighted by Crippen LogP contribution is 2.33. The third-order valence-corrected chi connectivity index (χ3v) is 5.62. The average Bonchev–Trinajstić information content (AvgIpc) is 3.44. The lowest BCUT2D eigenvalue weighted by Gasteiger charge is -2.23. The Morgan fingerprint density at radius 3 is 2.67 bits per heavy atom. The molecule has 0 bridgehead atoms. The summed E-state index contributed by atoms with van der Waals surface area (Å²) in [5.74, 6) is -0.204. The summed E-state index contributed by atoms with van der Waals surface area (Å²) < 4.78 is 1.54. The maximum atomic E-state index is 12.8. The number of rotatable bonds is 6. The SMILES string of the molecule is CCC(C)c1ccccc1N1CC(C(=O)Nc2ccc(-n3cnnn3)cc2)CC1=O. The van der Waals surface area contributed by atoms with Crippen LogP contribution in [-0.2, 0) is 9.59 Å². The molecule has 1 aliphatic rings. The van der Waals surface area contributed by atoms with Crippen molar-refractivity contribution in [2.24, 2.45) is 5.92 Å². The van der Waals surface area contributed by atoms with Crippen LogP contribution >= 0.6 is 0 Å². The maximum absolute atomic E-state index is 12.8. The number of nitrogens with zero attached hydrogens (tertiary/aromatic N) is 5. The molecule has 0 saturated carbocycles. The van der Waals surface area contributed by atoms with E-state index in [4.69, 9.17) is 0 Å². The number of carbonyl (C=O) groups is 2. The highest BCUT2D eigenvalue weighted by molar-refractivity contribution is 6.03. The second kappa shape index (κ2) is 8.44. The summed E-state index contributed by atoms with van der Waals surface area (Å²) in [6.07, 6.45) is 2.70. The number of hydrogen-bond donors (Lipinski definition) is 1. The molecule has 1 saturated heterocycles. The minimum atomic E-state index is -0.387. The van der Waals surface area contributed by atoms with Crippen molar-refractivity contribution >= 4 is 23.2 Å². The molecule has 154 valence electrons. The van der Waals surface area contributed by atoms with Crippen LogP contribution in [0.1, 0.15) is 38.2 Å². The minimum Gasteiger partial charge on any atom is -0.326 e. The summed E-state index contributed by atoms with van der Waals surface area (Å²) >= 11 is 0. The molecule has 3 aromatic rings. The summed E-state index contributed by atoms with van der Waals surface area (Å²) in [5.41, 5.74) is 3.52. The van der Waals surface area contributed by atoms with E-state index in [0.717, 1.165) is 23.4 Å². The molecule has 1 N–H and O–H groups in total. The van der Waals surface area contributed by atoms with Gasteiger partial charge in [-0.3, -0.25) is 9.59 Å². The Hall–Kier alpha value is -3.55. The van der Waals surface area contributed by atoms with Gasteiger partial charge in [0.1, 0.15) is 6.33 Å². The van der Waals surface area contributed by atoms with Gasteiger partial charge < -0.3 is 10.2 Å². The molecule has 2 unspecified atom stereocenters. The van der Waals surface area contributed by atoms with Crippen molar-refractivity contribution in [2.75, 3.05) is 16.8 Å². The second-order valence-corrected chi connectivity index (χ2v) is 7.56. The molecule has 2 amide bonds. The zero-order valence-corrected chi connectivity index (χ0v) is 17.0. The Labute approximate surface area is 174 Å². The van der Waals surface area contributed by atoms with E-state index in [0.29, 0.717) is 18.2 Å². The molecule has 2 aromatic carbocycles. The Kier molecular flexibility index (Phi) is 5.56. The molecule has 2 atom stereocenters. The quantitative estimate of drug-likeness (QED) is 0.681. The number of aromatic nitrogens is 4. The van der Waals surface area contributed by atoms with E-state index in [1.54, 1.807) is 17.0 Å². The molecule has 0 spiro atoms. The van der Waals surface area contributed by atoms with Crippen molar-refractivity contribution in [3.05, 3.63) is 60.4 Å². The number of carbonyl (C=O) groups excluding carboxylic acids is 2. The lowest BCUT2D eigenvalue weighted by Crippen LogP contribution is -2.29. The summed E-state index contributed by atoms with van der Waals surface area (Å²) in [5, 5.41) is 14.0. The minimum absolute atomic E-state index is 0.0140. The van der Waals surface area contributed by atoms with Crippen LogP contribution in [0.4, 0.5) is 11.4 Å². The lowest BCUT2D eigenvalue weighted by atomic mass is 9.96. The summed E-state index contributed by atoms with van der Waals surface area (Å²) in [4.78, 5) is 27.3. The molecule has 1 fully saturated rings. The molecule has 4 rings (SSSR count). The number of tetrazole rings is 1. The standard InChI is InChI=1S/C22H24N6O2/c1-3-15(2)19-6-4-5-7-20(19)27-13-16(12-21(27)29)22(30)24-17-8-10-18(11-9-17)28-14-23-25-26-28/h4-11,14-16H,3,12-13H2,1-2H3,(H,24,30). The summed E-state index contributed by atoms with van der Waals surface area (Å²) in [7, 11) is 0. The van der Waals surface area contributed by atoms with Crippen LogP contribution in [0.3, 0.4) is 0 Å². The molecule has 1 aromatic heterocycles. The van der Waals surface area contributed by atoms with Crippen LogP contribution in [-0.4, -0.2) is 38.6 Å². The van der Waals surface area contributed by atoms with Gasteiger partial charge in [0.25, 0.3) is 0 Å². The molecule has 0 radical (unpaired) electrons. The zero-order valence-electron chi connectivity index (χ0n) is 17.0. The first kappa shape index (κ1) is 19.8. The predicted molar refractivity (Wildman–Crippen MR) is 113 cm³/mol. The van der Waals surface area contributed by atoms with Crippen molar-refractivity contribution in [1.82, 2.24) is 20.2 Å². The molecule has 30 heavy (non-hydrogen) atoms. The van der Waals surface area contributed by atoms with Gasteiger partial charge in [-0.1, -0.05) is 32.0 Å². The van der Waals surface area contributed by atoms with Gasteiger partial charge in [0.05, 0.1) is 11.6 Å². The number of hydrogen-bond acceptors (Lipinski definition) is 5. The van der Waals surface area contributed by atoms with Crippen molar-refractivity contribution in [3.8, 4) is 5.69 Å². The van der Waals surface area contributed by atoms with Gasteiger partial charge >= 0.3 is 0 Å². The Morgan fingerprint density at radius 2 is 1.97 bits per heavy atom. The first-order chi connectivity index (χ1) is 14.6. The molecular weight excluding hydrogens is 380 g/mol. The largest absolute Gasteiger partial charge is 0.326 e. The van der Waals surface area contributed by atoms with Crippen LogP contribution in [0.15, 0.2) is 54.9 Å². The fourth-order valence-electron chi connectivity index (χ4n) is 3.71. The van der Waals surface area contributed by atoms with Crippen LogP contribution < -0.4 is 10.2 Å². The average molecular weight is 404 g/mol. The van der Waals surface area contributed by atoms with Gasteiger partial charge in [-0.2, -0.15) is 0 Å². The monoisotopic (exact) mass is 404 g/mol. The fraction of sp³-hybridized carbons (Fsp3) is 0.318. The Bertz CT molecular complexity index is 1030. The topological polar surface area (TPSA) is 93.0 Å². The Morgan fingerprint density at radius 1 is 1.20 bits per heavy atom. The van der Waals surface area contributed by atoms with Gasteiger partial charge in [-0.15, -0.1) is 5.10 Å². The first-order valence-corrected chi connectivity index (χ1v) is 10.1. The molecule has 1 aliphatic heterocycles. The van der Waals surface area contributed by atoms with Crippen LogP contribution in [0.5, 0.6) is 0 Å². The van der Waals surface area contributed by atoms with E-state index >= 15 is 0 Å². The van der Waals surface area contributed by atoms with Crippen molar-refractivity contribution in [2.45, 2.75) is 32.6 Å². The smallest absolute Gasteiger partial charge is 0.229 e. The van der Waals surface area contributed by atoms with Gasteiger partial charge in [0.2, 0.25) is 11.8 Å². The van der Waals surface area contributed by atoms with Gasteiger partial charge in [-0.25, -0.2) is 4.68 Å². The van der Waals surface area contributed by atoms with Crippen LogP contribution in [0.25, 0.3) is 5.69 Å². The van der Waals surface area contributed by atoms with Crippen molar-refractivity contribution in [3.63, 3.8) is 0 Å². The Balaban J connectivity index is 1.45. The highest BCUT2D eigenvalue weighted by atomic mass is 16.2. The number of nitrogens with one attached hydrogen (secondary N) is 1. The third kappa shape index (κ3) is 3.94. The predicted octanol–water partition coefficient (Wildman–Crippen LogP) is 3.17. The van der Waals surface area contributed by atoms with E-state index in [-0.39, 0.29) is 24.2 Å². The number of para-hydroxylation sites is 1. The van der Waals surface area contributed by atoms with Crippen LogP contribution in [0, 0.1) is 5.92 Å². The van der Waals surface area contributed by atoms with Crippen molar-refractivity contribution in [1.29, 1.82) is 0 Å². The summed E-state index contributed by atoms with van der Waals surface area (Å²) in [6.45, 7) is 4.68. The van der Waals surface area contributed by atoms with E-state index in [2.05, 4.69) is 40.8 Å². The number of benzene rings is 2. The zero-order chi connectivity index (χ0) is 21.1. The normalized spacial score (nSPS) is 17.2. The van der Waals surface area contributed by atoms with Crippen molar-refractivity contribution < 1.29 is 9.59 Å². The summed E-state index contributed by atoms with van der Waals surface area (Å²) in [6, 6.07) is 15.2. The van der Waals surface area contributed by atoms with Gasteiger partial charge in [0.15, 0.2) is 0 Å². The van der Waals surface area contributed by atoms with Crippen LogP contribution in [0.2, 0.25) is 0 Å². The molecule has 8 heteroatoms. The van der Waals surface area contributed by atoms with E-state index in [1.165, 1.54) is 11.0 Å². The second-order valence-electron chi connectivity index (χ2n) is 7.56. The third-order valence-electron chi connectivity index (χ3n) is 5.62.